The minimum absolute atomic E-state index is 0.339. The lowest BCUT2D eigenvalue weighted by Gasteiger charge is -2.17. The lowest BCUT2D eigenvalue weighted by molar-refractivity contribution is 0.171. The summed E-state index contributed by atoms with van der Waals surface area (Å²) in [4.78, 5) is 4.04. The van der Waals surface area contributed by atoms with Gasteiger partial charge in [-0.15, -0.1) is 0 Å². The molecule has 0 amide bonds. The van der Waals surface area contributed by atoms with Gasteiger partial charge in [-0.1, -0.05) is 49.4 Å². The SMILES string of the molecule is CCC(O)Cc1cccc(-n2cncn2)c1-c1ccccc1. The number of rotatable bonds is 5. The van der Waals surface area contributed by atoms with Gasteiger partial charge in [0.15, 0.2) is 0 Å². The lowest BCUT2D eigenvalue weighted by Crippen LogP contribution is -2.10. The first-order valence-corrected chi connectivity index (χ1v) is 7.50. The van der Waals surface area contributed by atoms with E-state index >= 15 is 0 Å². The maximum absolute atomic E-state index is 10.1. The van der Waals surface area contributed by atoms with Crippen LogP contribution in [0.15, 0.2) is 61.2 Å². The Morgan fingerprint density at radius 2 is 1.91 bits per heavy atom. The zero-order valence-electron chi connectivity index (χ0n) is 12.6. The number of hydrogen-bond donors (Lipinski definition) is 1. The second kappa shape index (κ2) is 6.54. The van der Waals surface area contributed by atoms with E-state index in [1.54, 1.807) is 11.0 Å². The van der Waals surface area contributed by atoms with Crippen molar-refractivity contribution in [3.05, 3.63) is 66.7 Å². The van der Waals surface area contributed by atoms with Crippen molar-refractivity contribution in [2.45, 2.75) is 25.9 Å². The minimum Gasteiger partial charge on any atom is -0.393 e. The molecule has 0 aliphatic carbocycles. The molecule has 112 valence electrons. The van der Waals surface area contributed by atoms with Gasteiger partial charge in [0, 0.05) is 5.56 Å². The van der Waals surface area contributed by atoms with Gasteiger partial charge in [-0.3, -0.25) is 0 Å². The van der Waals surface area contributed by atoms with Crippen LogP contribution in [0, 0.1) is 0 Å². The second-order valence-corrected chi connectivity index (χ2v) is 5.28. The van der Waals surface area contributed by atoms with Gasteiger partial charge in [0.05, 0.1) is 11.8 Å². The monoisotopic (exact) mass is 293 g/mol. The molecule has 1 atom stereocenters. The van der Waals surface area contributed by atoms with Gasteiger partial charge in [0.1, 0.15) is 12.7 Å². The summed E-state index contributed by atoms with van der Waals surface area (Å²) in [5.74, 6) is 0. The predicted molar refractivity (Wildman–Crippen MR) is 86.8 cm³/mol. The molecule has 4 nitrogen and oxygen atoms in total. The highest BCUT2D eigenvalue weighted by atomic mass is 16.3. The van der Waals surface area contributed by atoms with Crippen LogP contribution in [0.5, 0.6) is 0 Å². The first kappa shape index (κ1) is 14.5. The van der Waals surface area contributed by atoms with Gasteiger partial charge in [-0.05, 0) is 30.0 Å². The Balaban J connectivity index is 2.17. The van der Waals surface area contributed by atoms with Gasteiger partial charge in [-0.25, -0.2) is 9.67 Å². The van der Waals surface area contributed by atoms with Crippen molar-refractivity contribution >= 4 is 0 Å². The molecular weight excluding hydrogens is 274 g/mol. The summed E-state index contributed by atoms with van der Waals surface area (Å²) in [5, 5.41) is 14.3. The summed E-state index contributed by atoms with van der Waals surface area (Å²) < 4.78 is 1.77. The van der Waals surface area contributed by atoms with Crippen LogP contribution in [0.3, 0.4) is 0 Å². The minimum atomic E-state index is -0.339. The lowest BCUT2D eigenvalue weighted by atomic mass is 9.93. The molecule has 1 heterocycles. The fraction of sp³-hybridized carbons (Fsp3) is 0.222. The normalized spacial score (nSPS) is 12.3. The fourth-order valence-corrected chi connectivity index (χ4v) is 2.62. The Hall–Kier alpha value is -2.46. The van der Waals surface area contributed by atoms with Crippen LogP contribution in [0.2, 0.25) is 0 Å². The van der Waals surface area contributed by atoms with Gasteiger partial charge in [0.2, 0.25) is 0 Å². The van der Waals surface area contributed by atoms with Crippen LogP contribution in [0.1, 0.15) is 18.9 Å². The average Bonchev–Trinajstić information content (AvgIpc) is 3.09. The molecule has 0 spiro atoms. The Morgan fingerprint density at radius 1 is 1.09 bits per heavy atom. The molecule has 3 aromatic rings. The van der Waals surface area contributed by atoms with Crippen molar-refractivity contribution in [1.29, 1.82) is 0 Å². The Kier molecular flexibility index (Phi) is 4.30. The number of hydrogen-bond acceptors (Lipinski definition) is 3. The summed E-state index contributed by atoms with van der Waals surface area (Å²) >= 11 is 0. The van der Waals surface area contributed by atoms with Crippen LogP contribution < -0.4 is 0 Å². The Bertz CT molecular complexity index is 723. The van der Waals surface area contributed by atoms with E-state index in [-0.39, 0.29) is 6.10 Å². The molecular formula is C18H19N3O. The number of aromatic nitrogens is 3. The van der Waals surface area contributed by atoms with Crippen LogP contribution in [0.25, 0.3) is 16.8 Å². The van der Waals surface area contributed by atoms with E-state index in [9.17, 15) is 5.11 Å². The van der Waals surface area contributed by atoms with Gasteiger partial charge < -0.3 is 5.11 Å². The van der Waals surface area contributed by atoms with Crippen LogP contribution >= 0.6 is 0 Å². The highest BCUT2D eigenvalue weighted by Gasteiger charge is 2.14. The topological polar surface area (TPSA) is 50.9 Å². The van der Waals surface area contributed by atoms with Crippen molar-refractivity contribution in [2.75, 3.05) is 0 Å². The molecule has 4 heteroatoms. The largest absolute Gasteiger partial charge is 0.393 e. The van der Waals surface area contributed by atoms with E-state index in [1.807, 2.05) is 37.3 Å². The number of benzene rings is 2. The summed E-state index contributed by atoms with van der Waals surface area (Å²) in [6.45, 7) is 1.99. The van der Waals surface area contributed by atoms with Crippen molar-refractivity contribution in [1.82, 2.24) is 14.8 Å². The van der Waals surface area contributed by atoms with Crippen molar-refractivity contribution in [3.63, 3.8) is 0 Å². The highest BCUT2D eigenvalue weighted by molar-refractivity contribution is 5.76. The second-order valence-electron chi connectivity index (χ2n) is 5.28. The zero-order chi connectivity index (χ0) is 15.4. The summed E-state index contributed by atoms with van der Waals surface area (Å²) in [5.41, 5.74) is 4.31. The van der Waals surface area contributed by atoms with Gasteiger partial charge in [0.25, 0.3) is 0 Å². The summed E-state index contributed by atoms with van der Waals surface area (Å²) in [6.07, 6.45) is 4.25. The third kappa shape index (κ3) is 2.92. The predicted octanol–water partition coefficient (Wildman–Crippen LogP) is 3.25. The van der Waals surface area contributed by atoms with Gasteiger partial charge in [-0.2, -0.15) is 5.10 Å². The molecule has 0 aliphatic rings. The summed E-state index contributed by atoms with van der Waals surface area (Å²) in [7, 11) is 0. The standard InChI is InChI=1S/C18H19N3O/c1-2-16(22)11-15-9-6-10-17(21-13-19-12-20-21)18(15)14-7-4-3-5-8-14/h3-10,12-13,16,22H,2,11H2,1H3. The molecule has 0 fully saturated rings. The third-order valence-corrected chi connectivity index (χ3v) is 3.78. The molecule has 0 saturated heterocycles. The van der Waals surface area contributed by atoms with E-state index in [1.165, 1.54) is 6.33 Å². The quantitative estimate of drug-likeness (QED) is 0.785. The maximum Gasteiger partial charge on any atom is 0.138 e. The molecule has 3 rings (SSSR count). The first-order chi connectivity index (χ1) is 10.8. The molecule has 22 heavy (non-hydrogen) atoms. The maximum atomic E-state index is 10.1. The van der Waals surface area contributed by atoms with Crippen molar-refractivity contribution in [3.8, 4) is 16.8 Å². The van der Waals surface area contributed by atoms with Crippen molar-refractivity contribution in [2.24, 2.45) is 0 Å². The Labute approximate surface area is 130 Å². The van der Waals surface area contributed by atoms with E-state index in [4.69, 9.17) is 0 Å². The number of nitrogens with zero attached hydrogens (tertiary/aromatic N) is 3. The zero-order valence-corrected chi connectivity index (χ0v) is 12.6. The fourth-order valence-electron chi connectivity index (χ4n) is 2.62. The van der Waals surface area contributed by atoms with Crippen LogP contribution in [-0.2, 0) is 6.42 Å². The van der Waals surface area contributed by atoms with Crippen molar-refractivity contribution < 1.29 is 5.11 Å². The number of aliphatic hydroxyl groups excluding tert-OH is 1. The van der Waals surface area contributed by atoms with E-state index < -0.39 is 0 Å². The first-order valence-electron chi connectivity index (χ1n) is 7.50. The molecule has 1 N–H and O–H groups in total. The van der Waals surface area contributed by atoms with E-state index in [0.29, 0.717) is 6.42 Å². The molecule has 0 saturated carbocycles. The van der Waals surface area contributed by atoms with Gasteiger partial charge >= 0.3 is 0 Å². The average molecular weight is 293 g/mol. The van der Waals surface area contributed by atoms with E-state index in [0.717, 1.165) is 28.8 Å². The molecule has 0 aliphatic heterocycles. The molecule has 0 radical (unpaired) electrons. The third-order valence-electron chi connectivity index (χ3n) is 3.78. The molecule has 1 aromatic heterocycles. The highest BCUT2D eigenvalue weighted by Crippen LogP contribution is 2.31. The Morgan fingerprint density at radius 3 is 2.59 bits per heavy atom. The van der Waals surface area contributed by atoms with E-state index in [2.05, 4.69) is 28.3 Å². The molecule has 2 aromatic carbocycles. The van der Waals surface area contributed by atoms with Crippen LogP contribution in [-0.4, -0.2) is 26.0 Å². The van der Waals surface area contributed by atoms with Crippen LogP contribution in [0.4, 0.5) is 0 Å². The summed E-state index contributed by atoms with van der Waals surface area (Å²) in [6, 6.07) is 16.3. The molecule has 0 bridgehead atoms. The molecule has 1 unspecified atom stereocenters. The number of aliphatic hydroxyl groups is 1. The smallest absolute Gasteiger partial charge is 0.138 e.